The van der Waals surface area contributed by atoms with E-state index in [1.807, 2.05) is 6.08 Å². The third-order valence-electron chi connectivity index (χ3n) is 1.05. The highest BCUT2D eigenvalue weighted by Gasteiger charge is 2.28. The molecule has 2 nitrogen and oxygen atoms in total. The van der Waals surface area contributed by atoms with Gasteiger partial charge in [0.2, 0.25) is 0 Å². The largest absolute Gasteiger partial charge is 0.307 e. The minimum Gasteiger partial charge on any atom is -0.307 e. The van der Waals surface area contributed by atoms with E-state index in [0.29, 0.717) is 0 Å². The summed E-state index contributed by atoms with van der Waals surface area (Å²) in [6.07, 6.45) is 4.96. The van der Waals surface area contributed by atoms with Gasteiger partial charge in [0.25, 0.3) is 0 Å². The van der Waals surface area contributed by atoms with Crippen LogP contribution in [0.15, 0.2) is 17.1 Å². The molecule has 0 aromatic carbocycles. The van der Waals surface area contributed by atoms with Gasteiger partial charge in [0, 0.05) is 6.21 Å². The standard InChI is InChI=1S/C5H6ClIN2/c6-5(7)2-1-3-9-4(5)8/h1-4H,8H2. The van der Waals surface area contributed by atoms with Gasteiger partial charge in [-0.2, -0.15) is 0 Å². The molecule has 0 spiro atoms. The van der Waals surface area contributed by atoms with Crippen LogP contribution in [0.3, 0.4) is 0 Å². The monoisotopic (exact) mass is 256 g/mol. The van der Waals surface area contributed by atoms with Crippen molar-refractivity contribution in [1.82, 2.24) is 0 Å². The number of halogens is 2. The number of alkyl halides is 2. The van der Waals surface area contributed by atoms with E-state index in [1.54, 1.807) is 12.3 Å². The zero-order valence-corrected chi connectivity index (χ0v) is 7.50. The molecule has 0 saturated carbocycles. The summed E-state index contributed by atoms with van der Waals surface area (Å²) in [7, 11) is 0. The molecule has 50 valence electrons. The third-order valence-corrected chi connectivity index (χ3v) is 2.39. The fourth-order valence-corrected chi connectivity index (χ4v) is 1.01. The maximum atomic E-state index is 5.88. The highest BCUT2D eigenvalue weighted by molar-refractivity contribution is 14.1. The van der Waals surface area contributed by atoms with Crippen LogP contribution in [-0.2, 0) is 0 Å². The average Bonchev–Trinajstić information content (AvgIpc) is 1.77. The Balaban J connectivity index is 2.78. The lowest BCUT2D eigenvalue weighted by Crippen LogP contribution is -2.36. The molecule has 4 heteroatoms. The quantitative estimate of drug-likeness (QED) is 0.515. The van der Waals surface area contributed by atoms with Gasteiger partial charge in [0.15, 0.2) is 0 Å². The molecule has 0 saturated heterocycles. The molecule has 0 aliphatic carbocycles. The summed E-state index contributed by atoms with van der Waals surface area (Å²) in [4.78, 5) is 3.91. The van der Waals surface area contributed by atoms with E-state index in [1.165, 1.54) is 0 Å². The second kappa shape index (κ2) is 2.56. The zero-order valence-electron chi connectivity index (χ0n) is 4.59. The first-order chi connectivity index (χ1) is 4.13. The van der Waals surface area contributed by atoms with Crippen LogP contribution in [-0.4, -0.2) is 15.3 Å². The molecule has 0 amide bonds. The van der Waals surface area contributed by atoms with Crippen molar-refractivity contribution in [2.24, 2.45) is 10.7 Å². The molecule has 1 aliphatic rings. The summed E-state index contributed by atoms with van der Waals surface area (Å²) in [6.45, 7) is 0. The van der Waals surface area contributed by atoms with Crippen LogP contribution in [0.5, 0.6) is 0 Å². The Labute approximate surface area is 72.3 Å². The predicted octanol–water partition coefficient (Wildman–Crippen LogP) is 1.28. The van der Waals surface area contributed by atoms with Crippen molar-refractivity contribution in [2.45, 2.75) is 9.05 Å². The number of nitrogens with two attached hydrogens (primary N) is 1. The molecule has 1 rings (SSSR count). The summed E-state index contributed by atoms with van der Waals surface area (Å²) < 4.78 is -0.521. The van der Waals surface area contributed by atoms with Crippen molar-refractivity contribution in [1.29, 1.82) is 0 Å². The first-order valence-corrected chi connectivity index (χ1v) is 3.93. The predicted molar refractivity (Wildman–Crippen MR) is 48.2 cm³/mol. The van der Waals surface area contributed by atoms with Crippen molar-refractivity contribution in [3.8, 4) is 0 Å². The van der Waals surface area contributed by atoms with Crippen LogP contribution < -0.4 is 5.73 Å². The highest BCUT2D eigenvalue weighted by atomic mass is 127. The van der Waals surface area contributed by atoms with Crippen molar-refractivity contribution >= 4 is 40.4 Å². The van der Waals surface area contributed by atoms with Gasteiger partial charge in [0.05, 0.1) is 0 Å². The topological polar surface area (TPSA) is 38.4 Å². The smallest absolute Gasteiger partial charge is 0.149 e. The lowest BCUT2D eigenvalue weighted by Gasteiger charge is -2.21. The number of rotatable bonds is 0. The van der Waals surface area contributed by atoms with Crippen LogP contribution in [0.2, 0.25) is 0 Å². The maximum absolute atomic E-state index is 5.88. The van der Waals surface area contributed by atoms with Crippen molar-refractivity contribution in [3.63, 3.8) is 0 Å². The molecule has 0 fully saturated rings. The molecule has 0 bridgehead atoms. The molecule has 1 heterocycles. The van der Waals surface area contributed by atoms with Gasteiger partial charge >= 0.3 is 0 Å². The molecule has 2 N–H and O–H groups in total. The van der Waals surface area contributed by atoms with Crippen molar-refractivity contribution in [2.75, 3.05) is 0 Å². The Kier molecular flexibility index (Phi) is 2.13. The Morgan fingerprint density at radius 3 is 2.78 bits per heavy atom. The highest BCUT2D eigenvalue weighted by Crippen LogP contribution is 2.30. The second-order valence-electron chi connectivity index (χ2n) is 1.78. The summed E-state index contributed by atoms with van der Waals surface area (Å²) in [6, 6.07) is 0. The van der Waals surface area contributed by atoms with E-state index in [9.17, 15) is 0 Å². The molecule has 2 atom stereocenters. The molecule has 0 aromatic rings. The fraction of sp³-hybridized carbons (Fsp3) is 0.400. The van der Waals surface area contributed by atoms with E-state index in [4.69, 9.17) is 17.3 Å². The molecule has 0 radical (unpaired) electrons. The van der Waals surface area contributed by atoms with Gasteiger partial charge < -0.3 is 5.73 Å². The number of hydrogen-bond acceptors (Lipinski definition) is 2. The normalized spacial score (nSPS) is 41.4. The van der Waals surface area contributed by atoms with E-state index in [-0.39, 0.29) is 6.17 Å². The number of nitrogens with zero attached hydrogens (tertiary/aromatic N) is 1. The van der Waals surface area contributed by atoms with Crippen LogP contribution in [0, 0.1) is 0 Å². The Morgan fingerprint density at radius 2 is 2.44 bits per heavy atom. The van der Waals surface area contributed by atoms with Gasteiger partial charge in [0.1, 0.15) is 9.05 Å². The molecular weight excluding hydrogens is 250 g/mol. The molecule has 1 aliphatic heterocycles. The van der Waals surface area contributed by atoms with Crippen molar-refractivity contribution < 1.29 is 0 Å². The number of hydrogen-bond donors (Lipinski definition) is 1. The molecule has 2 unspecified atom stereocenters. The lowest BCUT2D eigenvalue weighted by molar-refractivity contribution is 0.711. The van der Waals surface area contributed by atoms with Crippen molar-refractivity contribution in [3.05, 3.63) is 12.2 Å². The van der Waals surface area contributed by atoms with Gasteiger partial charge in [-0.1, -0.05) is 34.2 Å². The maximum Gasteiger partial charge on any atom is 0.149 e. The molecule has 0 aromatic heterocycles. The van der Waals surface area contributed by atoms with Gasteiger partial charge in [-0.15, -0.1) is 0 Å². The SMILES string of the molecule is NC1N=CC=CC1(Cl)I. The van der Waals surface area contributed by atoms with E-state index < -0.39 is 2.88 Å². The van der Waals surface area contributed by atoms with Crippen LogP contribution in [0.25, 0.3) is 0 Å². The summed E-state index contributed by atoms with van der Waals surface area (Å²) in [5.41, 5.74) is 5.52. The number of allylic oxidation sites excluding steroid dienone is 1. The van der Waals surface area contributed by atoms with E-state index in [2.05, 4.69) is 27.6 Å². The van der Waals surface area contributed by atoms with Gasteiger partial charge in [-0.3, -0.25) is 4.99 Å². The zero-order chi connectivity index (χ0) is 6.91. The fourth-order valence-electron chi connectivity index (χ4n) is 0.512. The minimum absolute atomic E-state index is 0.315. The first kappa shape index (κ1) is 7.50. The van der Waals surface area contributed by atoms with E-state index >= 15 is 0 Å². The Bertz CT molecular complexity index is 164. The van der Waals surface area contributed by atoms with E-state index in [0.717, 1.165) is 0 Å². The number of dihydropyridines is 1. The van der Waals surface area contributed by atoms with Crippen LogP contribution in [0.1, 0.15) is 0 Å². The minimum atomic E-state index is -0.521. The average molecular weight is 256 g/mol. The summed E-state index contributed by atoms with van der Waals surface area (Å²) in [5.74, 6) is 0. The molecular formula is C5H6ClIN2. The van der Waals surface area contributed by atoms with Gasteiger partial charge in [-0.25, -0.2) is 0 Å². The number of aliphatic imine (C=N–C) groups is 1. The Morgan fingerprint density at radius 1 is 1.78 bits per heavy atom. The van der Waals surface area contributed by atoms with Crippen LogP contribution >= 0.6 is 34.2 Å². The lowest BCUT2D eigenvalue weighted by atomic mass is 10.3. The van der Waals surface area contributed by atoms with Crippen LogP contribution in [0.4, 0.5) is 0 Å². The third kappa shape index (κ3) is 1.65. The summed E-state index contributed by atoms with van der Waals surface area (Å²) >= 11 is 7.94. The Hall–Kier alpha value is 0.390. The summed E-state index contributed by atoms with van der Waals surface area (Å²) in [5, 5.41) is 0. The van der Waals surface area contributed by atoms with Gasteiger partial charge in [-0.05, 0) is 12.2 Å². The second-order valence-corrected chi connectivity index (χ2v) is 4.82. The first-order valence-electron chi connectivity index (χ1n) is 2.47. The molecule has 9 heavy (non-hydrogen) atoms.